The van der Waals surface area contributed by atoms with Crippen LogP contribution in [0.5, 0.6) is 11.5 Å². The molecule has 0 amide bonds. The Hall–Kier alpha value is -6.84. The van der Waals surface area contributed by atoms with Crippen molar-refractivity contribution in [3.63, 3.8) is 0 Å². The third-order valence-electron chi connectivity index (χ3n) is 12.9. The predicted octanol–water partition coefficient (Wildman–Crippen LogP) is 14.0. The lowest BCUT2D eigenvalue weighted by Gasteiger charge is -2.45. The molecule has 1 spiro atoms. The van der Waals surface area contributed by atoms with Crippen molar-refractivity contribution in [2.45, 2.75) is 31.6 Å². The summed E-state index contributed by atoms with van der Waals surface area (Å²) in [4.78, 5) is 4.91. The maximum absolute atomic E-state index is 6.64. The van der Waals surface area contributed by atoms with E-state index in [0.717, 1.165) is 39.9 Å². The SMILES string of the molecule is Cc1cccc2c1N1c3cc(N(c4ccccc4)c4ccc5c(c4)C4(c6ccccc6-c6ccccc64)c4ccccc4-5)ccc3C(C)(C)c3cccc(c31)O2. The smallest absolute Gasteiger partial charge is 0.151 e. The molecule has 0 atom stereocenters. The average molecular weight is 719 g/mol. The molecule has 8 aromatic rings. The van der Waals surface area contributed by atoms with Gasteiger partial charge in [0.05, 0.1) is 22.5 Å². The van der Waals surface area contributed by atoms with Gasteiger partial charge in [-0.15, -0.1) is 0 Å². The third kappa shape index (κ3) is 3.92. The molecule has 0 N–H and O–H groups in total. The number of ether oxygens (including phenoxy) is 1. The van der Waals surface area contributed by atoms with Gasteiger partial charge in [-0.05, 0) is 117 Å². The Bertz CT molecular complexity index is 2900. The van der Waals surface area contributed by atoms with Gasteiger partial charge in [-0.3, -0.25) is 0 Å². The zero-order chi connectivity index (χ0) is 37.3. The van der Waals surface area contributed by atoms with Crippen LogP contribution in [0.2, 0.25) is 0 Å². The molecule has 2 aliphatic heterocycles. The molecule has 0 unspecified atom stereocenters. The number of nitrogens with zero attached hydrogens (tertiary/aromatic N) is 2. The fourth-order valence-corrected chi connectivity index (χ4v) is 10.6. The first kappa shape index (κ1) is 31.5. The Labute approximate surface area is 327 Å². The molecule has 2 heterocycles. The fourth-order valence-electron chi connectivity index (χ4n) is 10.6. The van der Waals surface area contributed by atoms with Crippen molar-refractivity contribution in [3.8, 4) is 33.8 Å². The predicted molar refractivity (Wildman–Crippen MR) is 229 cm³/mol. The van der Waals surface area contributed by atoms with Gasteiger partial charge in [-0.2, -0.15) is 0 Å². The summed E-state index contributed by atoms with van der Waals surface area (Å²) in [7, 11) is 0. The van der Waals surface area contributed by atoms with Crippen LogP contribution in [-0.4, -0.2) is 0 Å². The summed E-state index contributed by atoms with van der Waals surface area (Å²) < 4.78 is 6.64. The van der Waals surface area contributed by atoms with Crippen molar-refractivity contribution < 1.29 is 4.74 Å². The Balaban J connectivity index is 1.11. The molecule has 266 valence electrons. The first-order valence-corrected chi connectivity index (χ1v) is 19.6. The van der Waals surface area contributed by atoms with E-state index in [9.17, 15) is 0 Å². The lowest BCUT2D eigenvalue weighted by Crippen LogP contribution is -2.32. The first-order chi connectivity index (χ1) is 27.5. The lowest BCUT2D eigenvalue weighted by atomic mass is 9.70. The van der Waals surface area contributed by atoms with E-state index in [-0.39, 0.29) is 5.41 Å². The quantitative estimate of drug-likeness (QED) is 0.181. The zero-order valence-corrected chi connectivity index (χ0v) is 31.5. The Morgan fingerprint density at radius 2 is 0.964 bits per heavy atom. The molecule has 0 saturated carbocycles. The molecule has 0 aromatic heterocycles. The highest BCUT2D eigenvalue weighted by Gasteiger charge is 2.52. The van der Waals surface area contributed by atoms with Gasteiger partial charge in [0.15, 0.2) is 11.5 Å². The molecule has 0 fully saturated rings. The molecule has 12 rings (SSSR count). The zero-order valence-electron chi connectivity index (χ0n) is 31.5. The van der Waals surface area contributed by atoms with Gasteiger partial charge in [-0.25, -0.2) is 0 Å². The Morgan fingerprint density at radius 1 is 0.429 bits per heavy atom. The van der Waals surface area contributed by atoms with Crippen molar-refractivity contribution in [3.05, 3.63) is 215 Å². The topological polar surface area (TPSA) is 15.7 Å². The summed E-state index contributed by atoms with van der Waals surface area (Å²) in [6, 6.07) is 65.1. The second-order valence-corrected chi connectivity index (χ2v) is 16.1. The first-order valence-electron chi connectivity index (χ1n) is 19.6. The standard InChI is InChI=1S/C53H38N2O/c1-33-15-13-25-48-50(33)55-47-32-36(28-30-44(47)52(2,3)45-24-14-26-49(56-48)51(45)55)54(34-16-5-4-6-17-34)35-27-29-40-39-20-9-12-23-43(39)53(46(40)31-35)41-21-10-7-18-37(41)38-19-8-11-22-42(38)53/h4-32H,1-3H3. The normalized spacial score (nSPS) is 15.1. The van der Waals surface area contributed by atoms with E-state index in [1.54, 1.807) is 0 Å². The summed E-state index contributed by atoms with van der Waals surface area (Å²) >= 11 is 0. The van der Waals surface area contributed by atoms with Gasteiger partial charge in [0.1, 0.15) is 0 Å². The van der Waals surface area contributed by atoms with Gasteiger partial charge in [0.2, 0.25) is 0 Å². The fraction of sp³-hybridized carbons (Fsp3) is 0.0943. The van der Waals surface area contributed by atoms with Crippen LogP contribution in [0.1, 0.15) is 52.8 Å². The van der Waals surface area contributed by atoms with Gasteiger partial charge in [-0.1, -0.05) is 141 Å². The van der Waals surface area contributed by atoms with Crippen molar-refractivity contribution in [1.29, 1.82) is 0 Å². The van der Waals surface area contributed by atoms with Gasteiger partial charge in [0.25, 0.3) is 0 Å². The number of aryl methyl sites for hydroxylation is 1. The number of anilines is 6. The second kappa shape index (κ2) is 11.1. The maximum Gasteiger partial charge on any atom is 0.151 e. The molecular weight excluding hydrogens is 681 g/mol. The van der Waals surface area contributed by atoms with Crippen molar-refractivity contribution in [1.82, 2.24) is 0 Å². The van der Waals surface area contributed by atoms with Crippen molar-refractivity contribution in [2.75, 3.05) is 9.80 Å². The summed E-state index contributed by atoms with van der Waals surface area (Å²) in [6.45, 7) is 6.87. The van der Waals surface area contributed by atoms with E-state index in [1.807, 2.05) is 0 Å². The molecule has 0 bridgehead atoms. The average Bonchev–Trinajstić information content (AvgIpc) is 3.70. The van der Waals surface area contributed by atoms with E-state index >= 15 is 0 Å². The van der Waals surface area contributed by atoms with Crippen LogP contribution in [-0.2, 0) is 10.8 Å². The van der Waals surface area contributed by atoms with E-state index in [4.69, 9.17) is 4.74 Å². The van der Waals surface area contributed by atoms with Crippen molar-refractivity contribution >= 4 is 34.1 Å². The highest BCUT2D eigenvalue weighted by Crippen LogP contribution is 2.64. The summed E-state index contributed by atoms with van der Waals surface area (Å²) in [5.74, 6) is 1.77. The molecule has 8 aromatic carbocycles. The Kier molecular flexibility index (Phi) is 6.25. The number of hydrogen-bond acceptors (Lipinski definition) is 3. The van der Waals surface area contributed by atoms with Crippen LogP contribution < -0.4 is 14.5 Å². The van der Waals surface area contributed by atoms with Crippen LogP contribution in [0.3, 0.4) is 0 Å². The van der Waals surface area contributed by atoms with Gasteiger partial charge >= 0.3 is 0 Å². The molecule has 3 nitrogen and oxygen atoms in total. The minimum absolute atomic E-state index is 0.244. The minimum atomic E-state index is -0.424. The largest absolute Gasteiger partial charge is 0.453 e. The highest BCUT2D eigenvalue weighted by atomic mass is 16.5. The van der Waals surface area contributed by atoms with Crippen molar-refractivity contribution in [2.24, 2.45) is 0 Å². The van der Waals surface area contributed by atoms with Crippen LogP contribution in [0, 0.1) is 6.92 Å². The number of hydrogen-bond donors (Lipinski definition) is 0. The number of para-hydroxylation sites is 3. The van der Waals surface area contributed by atoms with Crippen LogP contribution >= 0.6 is 0 Å². The number of fused-ring (bicyclic) bond motifs is 14. The molecule has 2 aliphatic carbocycles. The number of rotatable bonds is 3. The molecule has 56 heavy (non-hydrogen) atoms. The van der Waals surface area contributed by atoms with Crippen LogP contribution in [0.4, 0.5) is 34.1 Å². The van der Waals surface area contributed by atoms with Gasteiger partial charge in [0, 0.05) is 22.5 Å². The van der Waals surface area contributed by atoms with E-state index < -0.39 is 5.41 Å². The van der Waals surface area contributed by atoms with E-state index in [2.05, 4.69) is 206 Å². The molecule has 0 radical (unpaired) electrons. The lowest BCUT2D eigenvalue weighted by molar-refractivity contribution is 0.471. The molecule has 3 heteroatoms. The van der Waals surface area contributed by atoms with Crippen LogP contribution in [0.25, 0.3) is 22.3 Å². The minimum Gasteiger partial charge on any atom is -0.453 e. The summed E-state index contributed by atoms with van der Waals surface area (Å²) in [6.07, 6.45) is 0. The third-order valence-corrected chi connectivity index (χ3v) is 12.9. The number of benzene rings is 8. The monoisotopic (exact) mass is 718 g/mol. The molecule has 0 saturated heterocycles. The van der Waals surface area contributed by atoms with E-state index in [1.165, 1.54) is 66.9 Å². The maximum atomic E-state index is 6.64. The van der Waals surface area contributed by atoms with Crippen LogP contribution in [0.15, 0.2) is 176 Å². The molecule has 4 aliphatic rings. The Morgan fingerprint density at radius 3 is 1.64 bits per heavy atom. The highest BCUT2D eigenvalue weighted by molar-refractivity contribution is 5.98. The van der Waals surface area contributed by atoms with Gasteiger partial charge < -0.3 is 14.5 Å². The molecular formula is C53H38N2O. The summed E-state index contributed by atoms with van der Waals surface area (Å²) in [5, 5.41) is 0. The summed E-state index contributed by atoms with van der Waals surface area (Å²) in [5.41, 5.74) is 20.4. The van der Waals surface area contributed by atoms with E-state index in [0.29, 0.717) is 0 Å². The second-order valence-electron chi connectivity index (χ2n) is 16.1.